The van der Waals surface area contributed by atoms with Gasteiger partial charge in [-0.3, -0.25) is 0 Å². The van der Waals surface area contributed by atoms with Crippen LogP contribution in [0.5, 0.6) is 17.5 Å². The number of benzene rings is 1. The lowest BCUT2D eigenvalue weighted by molar-refractivity contribution is 0.401. The molecule has 0 saturated heterocycles. The fraction of sp³-hybridized carbons (Fsp3) is 0.167. The average molecular weight is 231 g/mol. The lowest BCUT2D eigenvalue weighted by Crippen LogP contribution is -1.96. The van der Waals surface area contributed by atoms with E-state index in [4.69, 9.17) is 15.2 Å². The molecule has 1 aromatic carbocycles. The lowest BCUT2D eigenvalue weighted by Gasteiger charge is -2.08. The molecular weight excluding hydrogens is 218 g/mol. The number of rotatable bonds is 3. The molecular formula is C12H13N3O2. The summed E-state index contributed by atoms with van der Waals surface area (Å²) in [5, 5.41) is 0. The number of methoxy groups -OCH3 is 1. The third-order valence-electron chi connectivity index (χ3n) is 2.24. The molecule has 0 bridgehead atoms. The van der Waals surface area contributed by atoms with Crippen LogP contribution in [0.1, 0.15) is 5.56 Å². The quantitative estimate of drug-likeness (QED) is 0.876. The molecule has 0 atom stereocenters. The van der Waals surface area contributed by atoms with Crippen molar-refractivity contribution in [2.45, 2.75) is 6.92 Å². The Kier molecular flexibility index (Phi) is 3.09. The van der Waals surface area contributed by atoms with E-state index in [9.17, 15) is 0 Å². The fourth-order valence-corrected chi connectivity index (χ4v) is 1.37. The van der Waals surface area contributed by atoms with Gasteiger partial charge in [-0.2, -0.15) is 4.98 Å². The summed E-state index contributed by atoms with van der Waals surface area (Å²) in [5.41, 5.74) is 6.57. The SMILES string of the molecule is COc1cc(Oc2nccc(N)n2)ccc1C. The van der Waals surface area contributed by atoms with Gasteiger partial charge in [-0.25, -0.2) is 4.98 Å². The van der Waals surface area contributed by atoms with Crippen molar-refractivity contribution in [3.63, 3.8) is 0 Å². The molecule has 0 unspecified atom stereocenters. The molecule has 0 amide bonds. The van der Waals surface area contributed by atoms with E-state index in [1.807, 2.05) is 19.1 Å². The Labute approximate surface area is 99.2 Å². The molecule has 0 fully saturated rings. The largest absolute Gasteiger partial charge is 0.496 e. The van der Waals surface area contributed by atoms with Crippen LogP contribution < -0.4 is 15.2 Å². The van der Waals surface area contributed by atoms with Crippen LogP contribution in [0.15, 0.2) is 30.5 Å². The molecule has 2 aromatic rings. The normalized spacial score (nSPS) is 10.0. The zero-order chi connectivity index (χ0) is 12.3. The minimum atomic E-state index is 0.218. The Morgan fingerprint density at radius 2 is 2.06 bits per heavy atom. The van der Waals surface area contributed by atoms with Gasteiger partial charge >= 0.3 is 6.01 Å². The highest BCUT2D eigenvalue weighted by atomic mass is 16.5. The number of aryl methyl sites for hydroxylation is 1. The van der Waals surface area contributed by atoms with Gasteiger partial charge < -0.3 is 15.2 Å². The summed E-state index contributed by atoms with van der Waals surface area (Å²) in [5.74, 6) is 1.73. The van der Waals surface area contributed by atoms with Crippen molar-refractivity contribution in [1.29, 1.82) is 0 Å². The summed E-state index contributed by atoms with van der Waals surface area (Å²) in [6, 6.07) is 7.32. The summed E-state index contributed by atoms with van der Waals surface area (Å²) in [4.78, 5) is 7.91. The van der Waals surface area contributed by atoms with Gasteiger partial charge in [-0.1, -0.05) is 6.07 Å². The molecule has 0 radical (unpaired) electrons. The van der Waals surface area contributed by atoms with Crippen molar-refractivity contribution in [1.82, 2.24) is 9.97 Å². The van der Waals surface area contributed by atoms with E-state index in [2.05, 4.69) is 9.97 Å². The Morgan fingerprint density at radius 1 is 1.24 bits per heavy atom. The Hall–Kier alpha value is -2.30. The van der Waals surface area contributed by atoms with Gasteiger partial charge in [0.2, 0.25) is 0 Å². The number of hydrogen-bond acceptors (Lipinski definition) is 5. The summed E-state index contributed by atoms with van der Waals surface area (Å²) in [7, 11) is 1.61. The first kappa shape index (κ1) is 11.2. The van der Waals surface area contributed by atoms with Crippen LogP contribution in [0.2, 0.25) is 0 Å². The highest BCUT2D eigenvalue weighted by Gasteiger charge is 2.04. The van der Waals surface area contributed by atoms with Crippen molar-refractivity contribution >= 4 is 5.82 Å². The zero-order valence-corrected chi connectivity index (χ0v) is 9.68. The molecule has 17 heavy (non-hydrogen) atoms. The second-order valence-corrected chi connectivity index (χ2v) is 3.50. The summed E-state index contributed by atoms with van der Waals surface area (Å²) in [6.45, 7) is 1.96. The van der Waals surface area contributed by atoms with E-state index in [-0.39, 0.29) is 6.01 Å². The molecule has 1 aromatic heterocycles. The second kappa shape index (κ2) is 4.69. The highest BCUT2D eigenvalue weighted by Crippen LogP contribution is 2.26. The van der Waals surface area contributed by atoms with Crippen LogP contribution in [0.25, 0.3) is 0 Å². The van der Waals surface area contributed by atoms with E-state index in [0.29, 0.717) is 11.6 Å². The van der Waals surface area contributed by atoms with Gasteiger partial charge in [0.05, 0.1) is 7.11 Å². The third-order valence-corrected chi connectivity index (χ3v) is 2.24. The summed E-state index contributed by atoms with van der Waals surface area (Å²) >= 11 is 0. The van der Waals surface area contributed by atoms with Crippen LogP contribution in [0.4, 0.5) is 5.82 Å². The first-order valence-corrected chi connectivity index (χ1v) is 5.10. The van der Waals surface area contributed by atoms with Gasteiger partial charge in [0.25, 0.3) is 0 Å². The number of hydrogen-bond donors (Lipinski definition) is 1. The van der Waals surface area contributed by atoms with Crippen LogP contribution in [-0.2, 0) is 0 Å². The summed E-state index contributed by atoms with van der Waals surface area (Å²) < 4.78 is 10.7. The molecule has 0 aliphatic carbocycles. The van der Waals surface area contributed by atoms with E-state index in [1.54, 1.807) is 25.4 Å². The van der Waals surface area contributed by atoms with Gasteiger partial charge in [-0.15, -0.1) is 0 Å². The Morgan fingerprint density at radius 3 is 2.76 bits per heavy atom. The van der Waals surface area contributed by atoms with Crippen LogP contribution in [0.3, 0.4) is 0 Å². The monoisotopic (exact) mass is 231 g/mol. The number of nitrogens with two attached hydrogens (primary N) is 1. The molecule has 2 rings (SSSR count). The highest BCUT2D eigenvalue weighted by molar-refractivity contribution is 5.41. The molecule has 2 N–H and O–H groups in total. The van der Waals surface area contributed by atoms with Crippen LogP contribution in [0, 0.1) is 6.92 Å². The van der Waals surface area contributed by atoms with Gasteiger partial charge in [-0.05, 0) is 24.6 Å². The summed E-state index contributed by atoms with van der Waals surface area (Å²) in [6.07, 6.45) is 1.54. The maximum atomic E-state index is 5.54. The van der Waals surface area contributed by atoms with Crippen molar-refractivity contribution < 1.29 is 9.47 Å². The smallest absolute Gasteiger partial charge is 0.323 e. The maximum Gasteiger partial charge on any atom is 0.323 e. The predicted octanol–water partition coefficient (Wildman–Crippen LogP) is 2.17. The molecule has 88 valence electrons. The van der Waals surface area contributed by atoms with E-state index in [0.717, 1.165) is 11.3 Å². The van der Waals surface area contributed by atoms with E-state index < -0.39 is 0 Å². The number of aromatic nitrogens is 2. The van der Waals surface area contributed by atoms with E-state index in [1.165, 1.54) is 0 Å². The first-order chi connectivity index (χ1) is 8.19. The Bertz CT molecular complexity index is 529. The standard InChI is InChI=1S/C12H13N3O2/c1-8-3-4-9(7-10(8)16-2)17-12-14-6-5-11(13)15-12/h3-7H,1-2H3,(H2,13,14,15). The fourth-order valence-electron chi connectivity index (χ4n) is 1.37. The van der Waals surface area contributed by atoms with E-state index >= 15 is 0 Å². The minimum Gasteiger partial charge on any atom is -0.496 e. The third kappa shape index (κ3) is 2.63. The molecule has 0 saturated carbocycles. The van der Waals surface area contributed by atoms with Gasteiger partial charge in [0.15, 0.2) is 0 Å². The molecule has 0 aliphatic heterocycles. The maximum absolute atomic E-state index is 5.54. The van der Waals surface area contributed by atoms with Crippen LogP contribution in [-0.4, -0.2) is 17.1 Å². The minimum absolute atomic E-state index is 0.218. The average Bonchev–Trinajstić information content (AvgIpc) is 2.32. The Balaban J connectivity index is 2.24. The van der Waals surface area contributed by atoms with Crippen molar-refractivity contribution in [2.75, 3.05) is 12.8 Å². The number of anilines is 1. The zero-order valence-electron chi connectivity index (χ0n) is 9.68. The van der Waals surface area contributed by atoms with Crippen molar-refractivity contribution in [3.8, 4) is 17.5 Å². The van der Waals surface area contributed by atoms with Gasteiger partial charge in [0.1, 0.15) is 17.3 Å². The number of ether oxygens (including phenoxy) is 2. The number of nitrogen functional groups attached to an aromatic ring is 1. The van der Waals surface area contributed by atoms with Crippen molar-refractivity contribution in [3.05, 3.63) is 36.0 Å². The molecule has 0 aliphatic rings. The van der Waals surface area contributed by atoms with Crippen molar-refractivity contribution in [2.24, 2.45) is 0 Å². The van der Waals surface area contributed by atoms with Gasteiger partial charge in [0, 0.05) is 12.3 Å². The number of nitrogens with zero attached hydrogens (tertiary/aromatic N) is 2. The van der Waals surface area contributed by atoms with Crippen LogP contribution >= 0.6 is 0 Å². The lowest BCUT2D eigenvalue weighted by atomic mass is 10.2. The second-order valence-electron chi connectivity index (χ2n) is 3.50. The molecule has 1 heterocycles. The topological polar surface area (TPSA) is 70.3 Å². The molecule has 5 nitrogen and oxygen atoms in total. The first-order valence-electron chi connectivity index (χ1n) is 5.10. The predicted molar refractivity (Wildman–Crippen MR) is 64.2 cm³/mol. The molecule has 0 spiro atoms. The molecule has 5 heteroatoms.